The molecule has 3 heterocycles. The molecular formula is C26H29FN4O4S. The molecule has 3 aromatic rings. The number of hydrogen-bond donors (Lipinski definition) is 1. The fourth-order valence-corrected chi connectivity index (χ4v) is 5.23. The minimum Gasteiger partial charge on any atom is -0.474 e. The molecule has 190 valence electrons. The van der Waals surface area contributed by atoms with Crippen LogP contribution in [0.3, 0.4) is 0 Å². The Morgan fingerprint density at radius 2 is 1.89 bits per heavy atom. The van der Waals surface area contributed by atoms with Crippen molar-refractivity contribution >= 4 is 21.3 Å². The Morgan fingerprint density at radius 1 is 1.17 bits per heavy atom. The van der Waals surface area contributed by atoms with Crippen molar-refractivity contribution in [3.63, 3.8) is 0 Å². The third-order valence-electron chi connectivity index (χ3n) is 6.45. The van der Waals surface area contributed by atoms with Gasteiger partial charge < -0.3 is 14.8 Å². The fourth-order valence-electron chi connectivity index (χ4n) is 4.60. The number of halogens is 1. The van der Waals surface area contributed by atoms with Crippen LogP contribution in [-0.4, -0.2) is 60.9 Å². The number of morpholine rings is 1. The number of sulfone groups is 1. The van der Waals surface area contributed by atoms with Crippen molar-refractivity contribution < 1.29 is 25.0 Å². The van der Waals surface area contributed by atoms with Crippen molar-refractivity contribution in [3.05, 3.63) is 71.8 Å². The number of piperidine rings is 1. The normalized spacial score (nSPS) is 23.5. The van der Waals surface area contributed by atoms with Crippen molar-refractivity contribution in [3.8, 4) is 5.88 Å². The minimum atomic E-state index is -3.53. The van der Waals surface area contributed by atoms with E-state index in [-0.39, 0.29) is 28.8 Å². The topological polar surface area (TPSA) is 93.7 Å². The van der Waals surface area contributed by atoms with Crippen LogP contribution in [0.15, 0.2) is 59.8 Å². The van der Waals surface area contributed by atoms with Gasteiger partial charge in [0.05, 0.1) is 29.4 Å². The predicted octanol–water partition coefficient (Wildman–Crippen LogP) is 3.88. The first-order chi connectivity index (χ1) is 18.0. The van der Waals surface area contributed by atoms with E-state index in [0.29, 0.717) is 48.9 Å². The summed E-state index contributed by atoms with van der Waals surface area (Å²) in [5, 5.41) is 2.90. The maximum Gasteiger partial charge on any atom is 0.221 e. The van der Waals surface area contributed by atoms with Crippen molar-refractivity contribution in [2.45, 2.75) is 49.3 Å². The largest absolute Gasteiger partial charge is 0.474 e. The molecule has 2 saturated heterocycles. The molecule has 8 nitrogen and oxygen atoms in total. The fraction of sp³-hybridized carbons (Fsp3) is 0.385. The second-order valence-electron chi connectivity index (χ2n) is 9.13. The number of anilines is 2. The van der Waals surface area contributed by atoms with Crippen molar-refractivity contribution in [2.75, 3.05) is 24.8 Å². The van der Waals surface area contributed by atoms with E-state index in [9.17, 15) is 12.8 Å². The summed E-state index contributed by atoms with van der Waals surface area (Å²) in [6.45, 7) is 0.916. The highest BCUT2D eigenvalue weighted by Crippen LogP contribution is 2.33. The van der Waals surface area contributed by atoms with Crippen LogP contribution in [0, 0.1) is 12.7 Å². The van der Waals surface area contributed by atoms with Crippen LogP contribution >= 0.6 is 0 Å². The van der Waals surface area contributed by atoms with E-state index < -0.39 is 22.2 Å². The first kappa shape index (κ1) is 22.1. The second kappa shape index (κ2) is 10.1. The molecule has 2 aliphatic rings. The van der Waals surface area contributed by atoms with Crippen LogP contribution in [0.25, 0.3) is 0 Å². The summed E-state index contributed by atoms with van der Waals surface area (Å²) in [5.41, 5.74) is 1.26. The Morgan fingerprint density at radius 3 is 2.56 bits per heavy atom. The highest BCUT2D eigenvalue weighted by Gasteiger charge is 2.40. The summed E-state index contributed by atoms with van der Waals surface area (Å²) < 4.78 is 67.9. The summed E-state index contributed by atoms with van der Waals surface area (Å²) in [6, 6.07) is 12.4. The first-order valence-electron chi connectivity index (χ1n) is 12.7. The maximum absolute atomic E-state index is 14.6. The highest BCUT2D eigenvalue weighted by atomic mass is 32.2. The summed E-state index contributed by atoms with van der Waals surface area (Å²) in [7, 11) is -3.53. The van der Waals surface area contributed by atoms with Gasteiger partial charge in [0.25, 0.3) is 0 Å². The number of aromatic nitrogens is 2. The maximum atomic E-state index is 14.6. The van der Waals surface area contributed by atoms with Crippen LogP contribution < -0.4 is 10.1 Å². The number of benzene rings is 2. The lowest BCUT2D eigenvalue weighted by atomic mass is 9.91. The quantitative estimate of drug-likeness (QED) is 0.508. The molecule has 2 bridgehead atoms. The van der Waals surface area contributed by atoms with Gasteiger partial charge in [0.2, 0.25) is 5.88 Å². The lowest BCUT2D eigenvalue weighted by molar-refractivity contribution is -0.104. The number of ether oxygens (including phenoxy) is 2. The van der Waals surface area contributed by atoms with Gasteiger partial charge in [-0.2, -0.15) is 0 Å². The Kier molecular flexibility index (Phi) is 6.22. The molecule has 1 unspecified atom stereocenters. The van der Waals surface area contributed by atoms with E-state index in [1.165, 1.54) is 18.5 Å². The molecule has 0 amide bonds. The molecule has 3 atom stereocenters. The molecule has 10 heteroatoms. The molecule has 0 aliphatic carbocycles. The van der Waals surface area contributed by atoms with E-state index in [0.717, 1.165) is 12.3 Å². The monoisotopic (exact) mass is 514 g/mol. The number of nitrogens with zero attached hydrogens (tertiary/aromatic N) is 3. The van der Waals surface area contributed by atoms with Gasteiger partial charge in [0, 0.05) is 40.4 Å². The van der Waals surface area contributed by atoms with E-state index in [2.05, 4.69) is 15.3 Å². The molecular weight excluding hydrogens is 483 g/mol. The molecule has 1 N–H and O–H groups in total. The zero-order valence-electron chi connectivity index (χ0n) is 22.0. The average molecular weight is 515 g/mol. The van der Waals surface area contributed by atoms with Gasteiger partial charge in [0.15, 0.2) is 9.84 Å². The number of rotatable bonds is 7. The molecule has 0 spiro atoms. The van der Waals surface area contributed by atoms with Gasteiger partial charge in [-0.25, -0.2) is 22.8 Å². The van der Waals surface area contributed by atoms with Crippen molar-refractivity contribution in [1.29, 1.82) is 0 Å². The van der Waals surface area contributed by atoms with Crippen LogP contribution in [0.4, 0.5) is 15.9 Å². The third-order valence-corrected chi connectivity index (χ3v) is 7.56. The minimum absolute atomic E-state index is 0.0771. The highest BCUT2D eigenvalue weighted by molar-refractivity contribution is 7.90. The summed E-state index contributed by atoms with van der Waals surface area (Å²) in [4.78, 5) is 10.3. The van der Waals surface area contributed by atoms with Crippen LogP contribution in [0.1, 0.15) is 26.7 Å². The molecule has 2 fully saturated rings. The Bertz CT molecular complexity index is 1410. The lowest BCUT2D eigenvalue weighted by Crippen LogP contribution is -2.58. The van der Waals surface area contributed by atoms with E-state index in [4.69, 9.17) is 12.2 Å². The number of hydrogen-bond acceptors (Lipinski definition) is 8. The molecule has 2 aromatic carbocycles. The van der Waals surface area contributed by atoms with E-state index in [1.54, 1.807) is 19.1 Å². The van der Waals surface area contributed by atoms with E-state index in [1.807, 2.05) is 23.1 Å². The number of nitrogens with one attached hydrogen (secondary N) is 1. The zero-order valence-corrected chi connectivity index (χ0v) is 20.8. The van der Waals surface area contributed by atoms with Crippen LogP contribution in [0.2, 0.25) is 0 Å². The van der Waals surface area contributed by atoms with Gasteiger partial charge in [-0.15, -0.1) is 0 Å². The van der Waals surface area contributed by atoms with Gasteiger partial charge in [-0.3, -0.25) is 4.90 Å². The molecule has 0 radical (unpaired) electrons. The van der Waals surface area contributed by atoms with Crippen molar-refractivity contribution in [1.82, 2.24) is 14.9 Å². The van der Waals surface area contributed by atoms with Gasteiger partial charge in [0.1, 0.15) is 24.1 Å². The molecule has 0 saturated carbocycles. The van der Waals surface area contributed by atoms with Crippen molar-refractivity contribution in [2.24, 2.45) is 0 Å². The summed E-state index contributed by atoms with van der Waals surface area (Å²) in [6.07, 6.45) is 3.23. The SMILES string of the molecule is [2H]C([2H])(c1ccccc1)N1C2COC[C@H]1C[C@H](Oc1ncnc(Nc3ccc(S(C)(=O)=O)cc3F)c1C)C2. The van der Waals surface area contributed by atoms with E-state index >= 15 is 0 Å². The molecule has 1 aromatic heterocycles. The first-order valence-corrected chi connectivity index (χ1v) is 13.6. The van der Waals surface area contributed by atoms with Gasteiger partial charge >= 0.3 is 0 Å². The average Bonchev–Trinajstić information content (AvgIpc) is 2.87. The standard InChI is InChI=1S/C26H29FN4O4S/c1-17-25(30-24-9-8-22(12-23(24)27)36(2,32)33)28-16-29-26(17)35-21-10-19-14-34-15-20(11-21)31(19)13-18-6-4-3-5-7-18/h3-9,12,16,19-21H,10-11,13-15H2,1-2H3,(H,28,29,30)/t19-,20?,21+/m1/s1/i13D2. The number of fused-ring (bicyclic) bond motifs is 2. The molecule has 5 rings (SSSR count). The third kappa shape index (κ3) is 5.35. The molecule has 2 aliphatic heterocycles. The Hall–Kier alpha value is -3.08. The molecule has 36 heavy (non-hydrogen) atoms. The summed E-state index contributed by atoms with van der Waals surface area (Å²) >= 11 is 0. The van der Waals surface area contributed by atoms with Crippen LogP contribution in [-0.2, 0) is 21.1 Å². The summed E-state index contributed by atoms with van der Waals surface area (Å²) in [5.74, 6) is -0.0390. The smallest absolute Gasteiger partial charge is 0.221 e. The second-order valence-corrected chi connectivity index (χ2v) is 11.1. The predicted molar refractivity (Wildman–Crippen MR) is 134 cm³/mol. The Balaban J connectivity index is 1.32. The van der Waals surface area contributed by atoms with Crippen LogP contribution in [0.5, 0.6) is 5.88 Å². The van der Waals surface area contributed by atoms with Gasteiger partial charge in [-0.1, -0.05) is 30.3 Å². The zero-order chi connectivity index (χ0) is 27.1. The van der Waals surface area contributed by atoms with Gasteiger partial charge in [-0.05, 0) is 30.7 Å². The Labute approximate surface area is 213 Å². The lowest BCUT2D eigenvalue weighted by Gasteiger charge is -2.48.